The molecule has 188 valence electrons. The van der Waals surface area contributed by atoms with Crippen molar-refractivity contribution in [3.05, 3.63) is 70.3 Å². The van der Waals surface area contributed by atoms with Crippen LogP contribution in [0.2, 0.25) is 0 Å². The zero-order valence-corrected chi connectivity index (χ0v) is 21.8. The van der Waals surface area contributed by atoms with E-state index in [4.69, 9.17) is 4.74 Å². The summed E-state index contributed by atoms with van der Waals surface area (Å²) in [6.45, 7) is 9.93. The Hall–Kier alpha value is -3.12. The van der Waals surface area contributed by atoms with Crippen molar-refractivity contribution in [2.24, 2.45) is 5.92 Å². The van der Waals surface area contributed by atoms with E-state index in [9.17, 15) is 14.7 Å². The zero-order chi connectivity index (χ0) is 25.7. The van der Waals surface area contributed by atoms with Crippen molar-refractivity contribution in [3.8, 4) is 5.75 Å². The number of aliphatic hydroxyl groups excluding tert-OH is 1. The van der Waals surface area contributed by atoms with Crippen molar-refractivity contribution in [3.63, 3.8) is 0 Å². The van der Waals surface area contributed by atoms with Gasteiger partial charge in [-0.15, -0.1) is 0 Å². The number of hydrogen-bond donors (Lipinski definition) is 1. The molecule has 1 N–H and O–H groups in total. The third-order valence-electron chi connectivity index (χ3n) is 6.28. The molecule has 1 fully saturated rings. The highest BCUT2D eigenvalue weighted by Gasteiger charge is 2.45. The number of Topliss-reactive ketones (excluding diaryl/α,β-unsaturated/α-hetero) is 1. The highest BCUT2D eigenvalue weighted by atomic mass is 16.5. The van der Waals surface area contributed by atoms with Crippen LogP contribution in [0.15, 0.2) is 48.0 Å². The molecule has 2 aromatic carbocycles. The third kappa shape index (κ3) is 6.12. The Labute approximate surface area is 209 Å². The molecule has 2 aromatic rings. The molecule has 1 saturated heterocycles. The average molecular weight is 479 g/mol. The van der Waals surface area contributed by atoms with Gasteiger partial charge in [-0.1, -0.05) is 45.0 Å². The molecular weight excluding hydrogens is 440 g/mol. The van der Waals surface area contributed by atoms with Crippen LogP contribution >= 0.6 is 0 Å². The summed E-state index contributed by atoms with van der Waals surface area (Å²) < 4.78 is 5.81. The average Bonchev–Trinajstić information content (AvgIpc) is 3.07. The monoisotopic (exact) mass is 478 g/mol. The van der Waals surface area contributed by atoms with Gasteiger partial charge in [0.1, 0.15) is 11.5 Å². The quantitative estimate of drug-likeness (QED) is 0.297. The Morgan fingerprint density at radius 2 is 1.80 bits per heavy atom. The number of likely N-dealkylation sites (tertiary alicyclic amines) is 1. The Balaban J connectivity index is 2.05. The highest BCUT2D eigenvalue weighted by Crippen LogP contribution is 2.40. The summed E-state index contributed by atoms with van der Waals surface area (Å²) in [7, 11) is 3.96. The van der Waals surface area contributed by atoms with Gasteiger partial charge in [0.15, 0.2) is 0 Å². The highest BCUT2D eigenvalue weighted by molar-refractivity contribution is 6.46. The first-order valence-electron chi connectivity index (χ1n) is 12.4. The van der Waals surface area contributed by atoms with Crippen LogP contribution in [0.3, 0.4) is 0 Å². The minimum Gasteiger partial charge on any atom is -0.507 e. The van der Waals surface area contributed by atoms with Crippen molar-refractivity contribution in [1.29, 1.82) is 0 Å². The third-order valence-corrected chi connectivity index (χ3v) is 6.28. The second kappa shape index (κ2) is 11.5. The fourth-order valence-electron chi connectivity index (χ4n) is 4.35. The van der Waals surface area contributed by atoms with Gasteiger partial charge in [-0.05, 0) is 81.2 Å². The molecule has 0 saturated carbocycles. The van der Waals surface area contributed by atoms with Crippen LogP contribution in [0.25, 0.3) is 5.76 Å². The minimum atomic E-state index is -0.642. The Morgan fingerprint density at radius 3 is 2.37 bits per heavy atom. The van der Waals surface area contributed by atoms with Crippen LogP contribution in [0.1, 0.15) is 55.5 Å². The van der Waals surface area contributed by atoms with Crippen molar-refractivity contribution in [2.75, 3.05) is 33.8 Å². The van der Waals surface area contributed by atoms with Crippen molar-refractivity contribution >= 4 is 17.4 Å². The molecule has 1 atom stereocenters. The van der Waals surface area contributed by atoms with Gasteiger partial charge in [0.25, 0.3) is 11.7 Å². The van der Waals surface area contributed by atoms with Crippen LogP contribution in [0.5, 0.6) is 5.75 Å². The van der Waals surface area contributed by atoms with E-state index in [0.717, 1.165) is 30.5 Å². The zero-order valence-electron chi connectivity index (χ0n) is 21.8. The predicted octanol–water partition coefficient (Wildman–Crippen LogP) is 4.97. The van der Waals surface area contributed by atoms with Crippen LogP contribution in [-0.4, -0.2) is 60.4 Å². The number of carbonyl (C=O) groups excluding carboxylic acids is 2. The summed E-state index contributed by atoms with van der Waals surface area (Å²) in [5.41, 5.74) is 3.45. The second-order valence-corrected chi connectivity index (χ2v) is 9.93. The molecule has 1 amide bonds. The first-order chi connectivity index (χ1) is 16.6. The van der Waals surface area contributed by atoms with Crippen molar-refractivity contribution in [2.45, 2.75) is 46.6 Å². The molecule has 35 heavy (non-hydrogen) atoms. The lowest BCUT2D eigenvalue weighted by molar-refractivity contribution is -0.139. The van der Waals surface area contributed by atoms with Gasteiger partial charge in [0.2, 0.25) is 0 Å². The van der Waals surface area contributed by atoms with Gasteiger partial charge in [-0.2, -0.15) is 0 Å². The van der Waals surface area contributed by atoms with Gasteiger partial charge in [-0.25, -0.2) is 0 Å². The maximum atomic E-state index is 13.2. The second-order valence-electron chi connectivity index (χ2n) is 9.93. The van der Waals surface area contributed by atoms with Crippen molar-refractivity contribution in [1.82, 2.24) is 9.80 Å². The number of ether oxygens (including phenoxy) is 1. The SMILES string of the molecule is CCc1ccc([C@H]2C(=C(O)c3ccc(OCC(C)C)cc3C)C(=O)C(=O)N2CCCN(C)C)cc1. The lowest BCUT2D eigenvalue weighted by Gasteiger charge is -2.26. The maximum Gasteiger partial charge on any atom is 0.295 e. The standard InChI is InChI=1S/C29H38N2O4/c1-7-21-9-11-22(12-10-21)26-25(28(33)29(34)31(26)16-8-15-30(5)6)27(32)24-14-13-23(17-20(24)4)35-18-19(2)3/h9-14,17,19,26,32H,7-8,15-16,18H2,1-6H3/t26-/m0/s1. The molecular formula is C29H38N2O4. The van der Waals surface area contributed by atoms with Crippen LogP contribution in [-0.2, 0) is 16.0 Å². The minimum absolute atomic E-state index is 0.142. The topological polar surface area (TPSA) is 70.1 Å². The summed E-state index contributed by atoms with van der Waals surface area (Å²) in [6, 6.07) is 12.7. The molecule has 1 heterocycles. The molecule has 0 bridgehead atoms. The van der Waals surface area contributed by atoms with E-state index in [0.29, 0.717) is 30.4 Å². The summed E-state index contributed by atoms with van der Waals surface area (Å²) in [5, 5.41) is 11.4. The van der Waals surface area contributed by atoms with Gasteiger partial charge in [0, 0.05) is 12.1 Å². The van der Waals surface area contributed by atoms with E-state index >= 15 is 0 Å². The largest absolute Gasteiger partial charge is 0.507 e. The molecule has 3 rings (SSSR count). The molecule has 0 unspecified atom stereocenters. The summed E-state index contributed by atoms with van der Waals surface area (Å²) in [4.78, 5) is 30.0. The van der Waals surface area contributed by atoms with Crippen molar-refractivity contribution < 1.29 is 19.4 Å². The molecule has 0 radical (unpaired) electrons. The number of amides is 1. The van der Waals surface area contributed by atoms with Gasteiger partial charge < -0.3 is 19.6 Å². The Bertz CT molecular complexity index is 1090. The molecule has 0 aliphatic carbocycles. The van der Waals surface area contributed by atoms with Crippen LogP contribution in [0, 0.1) is 12.8 Å². The van der Waals surface area contributed by atoms with Gasteiger partial charge in [-0.3, -0.25) is 9.59 Å². The van der Waals surface area contributed by atoms with Crippen LogP contribution < -0.4 is 4.74 Å². The molecule has 6 nitrogen and oxygen atoms in total. The molecule has 6 heteroatoms. The maximum absolute atomic E-state index is 13.2. The smallest absolute Gasteiger partial charge is 0.295 e. The van der Waals surface area contributed by atoms with Crippen LogP contribution in [0.4, 0.5) is 0 Å². The lowest BCUT2D eigenvalue weighted by atomic mass is 9.93. The number of ketones is 1. The Kier molecular flexibility index (Phi) is 8.73. The number of benzene rings is 2. The van der Waals surface area contributed by atoms with E-state index in [2.05, 4.69) is 20.8 Å². The summed E-state index contributed by atoms with van der Waals surface area (Å²) >= 11 is 0. The predicted molar refractivity (Wildman–Crippen MR) is 140 cm³/mol. The summed E-state index contributed by atoms with van der Waals surface area (Å²) in [6.07, 6.45) is 1.62. The fourth-order valence-corrected chi connectivity index (χ4v) is 4.35. The first kappa shape index (κ1) is 26.5. The number of aliphatic hydroxyl groups is 1. The van der Waals surface area contributed by atoms with E-state index < -0.39 is 17.7 Å². The first-order valence-corrected chi connectivity index (χ1v) is 12.4. The molecule has 1 aliphatic rings. The number of carbonyl (C=O) groups is 2. The van der Waals surface area contributed by atoms with E-state index in [1.165, 1.54) is 5.56 Å². The number of rotatable bonds is 10. The number of aryl methyl sites for hydroxylation is 2. The molecule has 0 spiro atoms. The molecule has 1 aliphatic heterocycles. The lowest BCUT2D eigenvalue weighted by Crippen LogP contribution is -2.32. The Morgan fingerprint density at radius 1 is 1.11 bits per heavy atom. The number of hydrogen-bond acceptors (Lipinski definition) is 5. The van der Waals surface area contributed by atoms with Gasteiger partial charge >= 0.3 is 0 Å². The fraction of sp³-hybridized carbons (Fsp3) is 0.448. The van der Waals surface area contributed by atoms with Gasteiger partial charge in [0.05, 0.1) is 18.2 Å². The summed E-state index contributed by atoms with van der Waals surface area (Å²) in [5.74, 6) is -0.244. The molecule has 0 aromatic heterocycles. The van der Waals surface area contributed by atoms with E-state index in [1.54, 1.807) is 17.0 Å². The van der Waals surface area contributed by atoms with E-state index in [1.807, 2.05) is 56.3 Å². The number of nitrogens with zero attached hydrogens (tertiary/aromatic N) is 2. The normalized spacial score (nSPS) is 17.6. The van der Waals surface area contributed by atoms with E-state index in [-0.39, 0.29) is 11.3 Å².